The number of aromatic nitrogens is 1. The Kier molecular flexibility index (Phi) is 4.67. The van der Waals surface area contributed by atoms with Gasteiger partial charge in [-0.15, -0.1) is 11.3 Å². The molecule has 20 heavy (non-hydrogen) atoms. The molecule has 1 aromatic carbocycles. The molecule has 6 nitrogen and oxygen atoms in total. The van der Waals surface area contributed by atoms with Crippen LogP contribution in [0.2, 0.25) is 0 Å². The van der Waals surface area contributed by atoms with Gasteiger partial charge in [0, 0.05) is 5.38 Å². The molecule has 0 spiro atoms. The van der Waals surface area contributed by atoms with Crippen molar-refractivity contribution in [2.24, 2.45) is 5.16 Å². The van der Waals surface area contributed by atoms with E-state index in [-0.39, 0.29) is 12.3 Å². The minimum atomic E-state index is -0.622. The SMILES string of the molecule is COC(=O)/C(=N\OCc1ccccc1)c1csc(N)n1. The Bertz CT molecular complexity index is 610. The Morgan fingerprint density at radius 3 is 2.75 bits per heavy atom. The van der Waals surface area contributed by atoms with E-state index in [0.717, 1.165) is 5.56 Å². The van der Waals surface area contributed by atoms with Crippen LogP contribution >= 0.6 is 11.3 Å². The Balaban J connectivity index is 2.11. The van der Waals surface area contributed by atoms with Crippen molar-refractivity contribution in [2.75, 3.05) is 12.8 Å². The highest BCUT2D eigenvalue weighted by Crippen LogP contribution is 2.13. The number of hydrogen-bond donors (Lipinski definition) is 1. The van der Waals surface area contributed by atoms with Crippen molar-refractivity contribution < 1.29 is 14.4 Å². The molecular weight excluding hydrogens is 278 g/mol. The summed E-state index contributed by atoms with van der Waals surface area (Å²) in [5.41, 5.74) is 6.82. The maximum Gasteiger partial charge on any atom is 0.362 e. The van der Waals surface area contributed by atoms with E-state index in [1.165, 1.54) is 18.4 Å². The zero-order chi connectivity index (χ0) is 14.4. The van der Waals surface area contributed by atoms with Crippen LogP contribution in [0.15, 0.2) is 40.9 Å². The Hall–Kier alpha value is -2.41. The quantitative estimate of drug-likeness (QED) is 0.516. The number of nitrogens with two attached hydrogens (primary N) is 1. The second kappa shape index (κ2) is 6.67. The van der Waals surface area contributed by atoms with Crippen molar-refractivity contribution >= 4 is 28.1 Å². The summed E-state index contributed by atoms with van der Waals surface area (Å²) in [5.74, 6) is -0.622. The average Bonchev–Trinajstić information content (AvgIpc) is 2.90. The van der Waals surface area contributed by atoms with E-state index >= 15 is 0 Å². The lowest BCUT2D eigenvalue weighted by Crippen LogP contribution is -2.18. The fourth-order valence-corrected chi connectivity index (χ4v) is 1.98. The molecule has 0 saturated carbocycles. The number of esters is 1. The molecule has 2 rings (SSSR count). The summed E-state index contributed by atoms with van der Waals surface area (Å²) in [6.07, 6.45) is 0. The monoisotopic (exact) mass is 291 g/mol. The summed E-state index contributed by atoms with van der Waals surface area (Å²) < 4.78 is 4.65. The first-order chi connectivity index (χ1) is 9.70. The van der Waals surface area contributed by atoms with E-state index in [1.807, 2.05) is 30.3 Å². The zero-order valence-corrected chi connectivity index (χ0v) is 11.6. The molecule has 2 aromatic rings. The highest BCUT2D eigenvalue weighted by Gasteiger charge is 2.18. The predicted molar refractivity (Wildman–Crippen MR) is 76.3 cm³/mol. The number of anilines is 1. The molecule has 0 atom stereocenters. The molecule has 7 heteroatoms. The maximum atomic E-state index is 11.7. The number of carbonyl (C=O) groups is 1. The van der Waals surface area contributed by atoms with Crippen LogP contribution in [-0.2, 0) is 21.0 Å². The maximum absolute atomic E-state index is 11.7. The van der Waals surface area contributed by atoms with Gasteiger partial charge in [0.1, 0.15) is 12.3 Å². The lowest BCUT2D eigenvalue weighted by atomic mass is 10.2. The fraction of sp³-hybridized carbons (Fsp3) is 0.154. The van der Waals surface area contributed by atoms with Crippen LogP contribution in [-0.4, -0.2) is 23.8 Å². The smallest absolute Gasteiger partial charge is 0.362 e. The van der Waals surface area contributed by atoms with Gasteiger partial charge in [-0.25, -0.2) is 9.78 Å². The summed E-state index contributed by atoms with van der Waals surface area (Å²) >= 11 is 1.21. The number of ether oxygens (including phenoxy) is 1. The van der Waals surface area contributed by atoms with Gasteiger partial charge in [-0.1, -0.05) is 35.5 Å². The van der Waals surface area contributed by atoms with Gasteiger partial charge in [-0.2, -0.15) is 0 Å². The third kappa shape index (κ3) is 3.55. The minimum Gasteiger partial charge on any atom is -0.464 e. The molecule has 0 aliphatic carbocycles. The summed E-state index contributed by atoms with van der Waals surface area (Å²) in [6.45, 7) is 0.251. The molecule has 0 radical (unpaired) electrons. The lowest BCUT2D eigenvalue weighted by Gasteiger charge is -2.03. The molecule has 1 aromatic heterocycles. The van der Waals surface area contributed by atoms with Crippen LogP contribution in [0.1, 0.15) is 11.3 Å². The van der Waals surface area contributed by atoms with Crippen LogP contribution in [0.5, 0.6) is 0 Å². The number of carbonyl (C=O) groups excluding carboxylic acids is 1. The first-order valence-electron chi connectivity index (χ1n) is 5.74. The molecular formula is C13H13N3O3S. The fourth-order valence-electron chi connectivity index (χ4n) is 1.43. The second-order valence-electron chi connectivity index (χ2n) is 3.76. The van der Waals surface area contributed by atoms with Gasteiger partial charge < -0.3 is 15.3 Å². The number of nitrogens with zero attached hydrogens (tertiary/aromatic N) is 2. The molecule has 0 saturated heterocycles. The number of thiazole rings is 1. The predicted octanol–water partition coefficient (Wildman–Crippen LogP) is 1.82. The van der Waals surface area contributed by atoms with Crippen LogP contribution < -0.4 is 5.73 Å². The number of oxime groups is 1. The molecule has 0 fully saturated rings. The zero-order valence-electron chi connectivity index (χ0n) is 10.8. The van der Waals surface area contributed by atoms with Crippen molar-refractivity contribution in [3.63, 3.8) is 0 Å². The number of nitrogen functional groups attached to an aromatic ring is 1. The van der Waals surface area contributed by atoms with E-state index in [1.54, 1.807) is 5.38 Å². The van der Waals surface area contributed by atoms with Gasteiger partial charge in [0.25, 0.3) is 0 Å². The highest BCUT2D eigenvalue weighted by molar-refractivity contribution is 7.13. The van der Waals surface area contributed by atoms with Crippen LogP contribution in [0.4, 0.5) is 5.13 Å². The summed E-state index contributed by atoms with van der Waals surface area (Å²) in [5, 5.41) is 5.77. The molecule has 0 aliphatic heterocycles. The average molecular weight is 291 g/mol. The van der Waals surface area contributed by atoms with Crippen LogP contribution in [0.3, 0.4) is 0 Å². The molecule has 0 amide bonds. The Morgan fingerprint density at radius 1 is 1.40 bits per heavy atom. The van der Waals surface area contributed by atoms with E-state index in [4.69, 9.17) is 10.6 Å². The number of hydrogen-bond acceptors (Lipinski definition) is 7. The van der Waals surface area contributed by atoms with Gasteiger partial charge in [-0.3, -0.25) is 0 Å². The molecule has 0 unspecified atom stereocenters. The molecule has 2 N–H and O–H groups in total. The van der Waals surface area contributed by atoms with Crippen molar-refractivity contribution in [1.29, 1.82) is 0 Å². The van der Waals surface area contributed by atoms with E-state index < -0.39 is 5.97 Å². The summed E-state index contributed by atoms with van der Waals surface area (Å²) in [4.78, 5) is 20.8. The number of rotatable bonds is 5. The number of benzene rings is 1. The van der Waals surface area contributed by atoms with E-state index in [2.05, 4.69) is 14.9 Å². The lowest BCUT2D eigenvalue weighted by molar-refractivity contribution is -0.132. The third-order valence-corrected chi connectivity index (χ3v) is 3.05. The number of methoxy groups -OCH3 is 1. The van der Waals surface area contributed by atoms with Gasteiger partial charge in [0.05, 0.1) is 7.11 Å². The van der Waals surface area contributed by atoms with Gasteiger partial charge >= 0.3 is 5.97 Å². The molecule has 1 heterocycles. The first-order valence-corrected chi connectivity index (χ1v) is 6.62. The molecule has 0 bridgehead atoms. The van der Waals surface area contributed by atoms with Crippen molar-refractivity contribution in [3.05, 3.63) is 47.0 Å². The summed E-state index contributed by atoms with van der Waals surface area (Å²) in [6, 6.07) is 9.49. The highest BCUT2D eigenvalue weighted by atomic mass is 32.1. The molecule has 0 aliphatic rings. The third-order valence-electron chi connectivity index (χ3n) is 2.37. The second-order valence-corrected chi connectivity index (χ2v) is 4.65. The van der Waals surface area contributed by atoms with E-state index in [9.17, 15) is 4.79 Å². The largest absolute Gasteiger partial charge is 0.464 e. The van der Waals surface area contributed by atoms with Gasteiger partial charge in [0.2, 0.25) is 5.71 Å². The summed E-state index contributed by atoms with van der Waals surface area (Å²) in [7, 11) is 1.27. The van der Waals surface area contributed by atoms with E-state index in [0.29, 0.717) is 10.8 Å². The Labute approximate surface area is 119 Å². The normalized spacial score (nSPS) is 11.2. The van der Waals surface area contributed by atoms with Crippen molar-refractivity contribution in [3.8, 4) is 0 Å². The van der Waals surface area contributed by atoms with Gasteiger partial charge in [0.15, 0.2) is 5.13 Å². The first kappa shape index (κ1) is 14.0. The van der Waals surface area contributed by atoms with Crippen LogP contribution in [0, 0.1) is 0 Å². The van der Waals surface area contributed by atoms with Crippen LogP contribution in [0.25, 0.3) is 0 Å². The molecule has 104 valence electrons. The standard InChI is InChI=1S/C13H13N3O3S/c1-18-12(17)11(10-8-20-13(14)15-10)16-19-7-9-5-3-2-4-6-9/h2-6,8H,7H2,1H3,(H2,14,15)/b16-11-. The van der Waals surface area contributed by atoms with Crippen molar-refractivity contribution in [2.45, 2.75) is 6.61 Å². The minimum absolute atomic E-state index is 0.00335. The van der Waals surface area contributed by atoms with Gasteiger partial charge in [-0.05, 0) is 5.56 Å². The Morgan fingerprint density at radius 2 is 2.15 bits per heavy atom. The topological polar surface area (TPSA) is 86.8 Å². The van der Waals surface area contributed by atoms with Crippen molar-refractivity contribution in [1.82, 2.24) is 4.98 Å².